The molecule has 0 bridgehead atoms. The van der Waals surface area contributed by atoms with Gasteiger partial charge in [-0.15, -0.1) is 0 Å². The molecule has 0 N–H and O–H groups in total. The summed E-state index contributed by atoms with van der Waals surface area (Å²) in [6.07, 6.45) is 7.05. The van der Waals surface area contributed by atoms with Gasteiger partial charge in [0.1, 0.15) is 0 Å². The Morgan fingerprint density at radius 2 is 1.85 bits per heavy atom. The molecule has 2 aliphatic carbocycles. The summed E-state index contributed by atoms with van der Waals surface area (Å²) < 4.78 is 2.06. The zero-order valence-electron chi connectivity index (χ0n) is 15.3. The molecule has 1 atom stereocenters. The molecular weight excluding hydrogens is 332 g/mol. The van der Waals surface area contributed by atoms with Crippen LogP contribution in [-0.2, 0) is 13.1 Å². The fourth-order valence-corrected chi connectivity index (χ4v) is 4.23. The molecule has 2 aliphatic rings. The number of fused-ring (bicyclic) bond motifs is 1. The second-order valence-electron chi connectivity index (χ2n) is 7.57. The quantitative estimate of drug-likeness (QED) is 0.676. The van der Waals surface area contributed by atoms with Gasteiger partial charge in [0.2, 0.25) is 0 Å². The predicted molar refractivity (Wildman–Crippen MR) is 105 cm³/mol. The molecule has 1 aromatic heterocycles. The number of aromatic nitrogens is 2. The van der Waals surface area contributed by atoms with Crippen LogP contribution in [0.4, 0.5) is 0 Å². The first-order chi connectivity index (χ1) is 13.3. The van der Waals surface area contributed by atoms with Crippen molar-refractivity contribution < 1.29 is 0 Å². The van der Waals surface area contributed by atoms with Gasteiger partial charge in [0, 0.05) is 23.8 Å². The van der Waals surface area contributed by atoms with E-state index >= 15 is 0 Å². The van der Waals surface area contributed by atoms with Crippen molar-refractivity contribution in [3.63, 3.8) is 0 Å². The standard InChI is InChI=1S/C23H22N4/c24-15-17-5-7-19(8-6-17)22-13-14-26(25-22)16-27(20-10-11-20)23-12-9-18-3-1-2-4-21(18)23/h1-8,13-14,20,23H,9-12,16H2/t23-/m1/s1. The molecule has 0 radical (unpaired) electrons. The largest absolute Gasteiger partial charge is 0.274 e. The Kier molecular flexibility index (Phi) is 4.03. The maximum absolute atomic E-state index is 8.96. The minimum atomic E-state index is 0.510. The van der Waals surface area contributed by atoms with E-state index in [0.717, 1.165) is 17.9 Å². The van der Waals surface area contributed by atoms with Gasteiger partial charge in [0.25, 0.3) is 0 Å². The van der Waals surface area contributed by atoms with Crippen molar-refractivity contribution in [3.05, 3.63) is 77.5 Å². The third-order valence-corrected chi connectivity index (χ3v) is 5.78. The monoisotopic (exact) mass is 354 g/mol. The Morgan fingerprint density at radius 1 is 1.04 bits per heavy atom. The molecule has 0 spiro atoms. The Labute approximate surface area is 159 Å². The lowest BCUT2D eigenvalue weighted by Crippen LogP contribution is -2.32. The molecule has 0 aliphatic heterocycles. The van der Waals surface area contributed by atoms with E-state index in [4.69, 9.17) is 10.4 Å². The topological polar surface area (TPSA) is 44.9 Å². The van der Waals surface area contributed by atoms with E-state index < -0.39 is 0 Å². The SMILES string of the molecule is N#Cc1ccc(-c2ccn(CN(C3CC3)[C@@H]3CCc4ccccc43)n2)cc1. The van der Waals surface area contributed by atoms with E-state index in [-0.39, 0.29) is 0 Å². The lowest BCUT2D eigenvalue weighted by Gasteiger charge is -2.29. The number of aryl methyl sites for hydroxylation is 1. The highest BCUT2D eigenvalue weighted by atomic mass is 15.4. The van der Waals surface area contributed by atoms with E-state index in [1.807, 2.05) is 24.3 Å². The van der Waals surface area contributed by atoms with Gasteiger partial charge in [-0.05, 0) is 55.0 Å². The minimum absolute atomic E-state index is 0.510. The summed E-state index contributed by atoms with van der Waals surface area (Å²) in [4.78, 5) is 2.64. The molecule has 2 aromatic carbocycles. The normalized spacial score (nSPS) is 18.4. The van der Waals surface area contributed by atoms with Gasteiger partial charge in [-0.2, -0.15) is 10.4 Å². The predicted octanol–water partition coefficient (Wildman–Crippen LogP) is 4.53. The van der Waals surface area contributed by atoms with Gasteiger partial charge in [0.15, 0.2) is 0 Å². The Hall–Kier alpha value is -2.90. The van der Waals surface area contributed by atoms with Crippen LogP contribution in [0.5, 0.6) is 0 Å². The first-order valence-corrected chi connectivity index (χ1v) is 9.69. The molecule has 27 heavy (non-hydrogen) atoms. The summed E-state index contributed by atoms with van der Waals surface area (Å²) in [5, 5.41) is 13.8. The highest BCUT2D eigenvalue weighted by Crippen LogP contribution is 2.42. The van der Waals surface area contributed by atoms with Crippen molar-refractivity contribution in [2.24, 2.45) is 0 Å². The van der Waals surface area contributed by atoms with Gasteiger partial charge < -0.3 is 0 Å². The minimum Gasteiger partial charge on any atom is -0.274 e. The molecule has 134 valence electrons. The van der Waals surface area contributed by atoms with Crippen molar-refractivity contribution in [1.82, 2.24) is 14.7 Å². The van der Waals surface area contributed by atoms with Crippen LogP contribution in [0.15, 0.2) is 60.8 Å². The van der Waals surface area contributed by atoms with Crippen LogP contribution in [-0.4, -0.2) is 20.7 Å². The van der Waals surface area contributed by atoms with Crippen molar-refractivity contribution >= 4 is 0 Å². The summed E-state index contributed by atoms with van der Waals surface area (Å²) in [7, 11) is 0. The molecule has 1 fully saturated rings. The number of nitriles is 1. The highest BCUT2D eigenvalue weighted by Gasteiger charge is 2.37. The van der Waals surface area contributed by atoms with Gasteiger partial charge in [0.05, 0.1) is 24.0 Å². The number of nitrogens with zero attached hydrogens (tertiary/aromatic N) is 4. The third kappa shape index (κ3) is 3.15. The molecule has 0 saturated heterocycles. The lowest BCUT2D eigenvalue weighted by molar-refractivity contribution is 0.133. The third-order valence-electron chi connectivity index (χ3n) is 5.78. The molecule has 4 nitrogen and oxygen atoms in total. The number of hydrogen-bond acceptors (Lipinski definition) is 3. The van der Waals surface area contributed by atoms with E-state index in [0.29, 0.717) is 17.6 Å². The zero-order chi connectivity index (χ0) is 18.2. The maximum Gasteiger partial charge on any atom is 0.0991 e. The maximum atomic E-state index is 8.96. The fraction of sp³-hybridized carbons (Fsp3) is 0.304. The number of hydrogen-bond donors (Lipinski definition) is 0. The smallest absolute Gasteiger partial charge is 0.0991 e. The Balaban J connectivity index is 1.37. The van der Waals surface area contributed by atoms with E-state index in [2.05, 4.69) is 52.2 Å². The molecule has 0 unspecified atom stereocenters. The Bertz CT molecular complexity index is 992. The zero-order valence-corrected chi connectivity index (χ0v) is 15.3. The van der Waals surface area contributed by atoms with Gasteiger partial charge in [-0.3, -0.25) is 9.58 Å². The van der Waals surface area contributed by atoms with Crippen molar-refractivity contribution in [2.75, 3.05) is 0 Å². The molecule has 3 aromatic rings. The second-order valence-corrected chi connectivity index (χ2v) is 7.57. The highest BCUT2D eigenvalue weighted by molar-refractivity contribution is 5.59. The first kappa shape index (κ1) is 16.3. The fourth-order valence-electron chi connectivity index (χ4n) is 4.23. The van der Waals surface area contributed by atoms with E-state index in [9.17, 15) is 0 Å². The van der Waals surface area contributed by atoms with E-state index in [1.54, 1.807) is 0 Å². The Morgan fingerprint density at radius 3 is 2.63 bits per heavy atom. The van der Waals surface area contributed by atoms with Crippen molar-refractivity contribution in [3.8, 4) is 17.3 Å². The van der Waals surface area contributed by atoms with Crippen LogP contribution < -0.4 is 0 Å². The average Bonchev–Trinajstić information content (AvgIpc) is 3.30. The molecule has 1 heterocycles. The summed E-state index contributed by atoms with van der Waals surface area (Å²) >= 11 is 0. The molecule has 0 amide bonds. The summed E-state index contributed by atoms with van der Waals surface area (Å²) in [6.45, 7) is 0.833. The van der Waals surface area contributed by atoms with Crippen LogP contribution in [0.2, 0.25) is 0 Å². The number of benzene rings is 2. The number of rotatable bonds is 5. The first-order valence-electron chi connectivity index (χ1n) is 9.69. The van der Waals surface area contributed by atoms with Crippen molar-refractivity contribution in [1.29, 1.82) is 5.26 Å². The summed E-state index contributed by atoms with van der Waals surface area (Å²) in [6, 6.07) is 21.9. The molecule has 4 heteroatoms. The second kappa shape index (κ2) is 6.68. The molecule has 5 rings (SSSR count). The lowest BCUT2D eigenvalue weighted by atomic mass is 10.1. The van der Waals surface area contributed by atoms with Crippen LogP contribution in [0.25, 0.3) is 11.3 Å². The van der Waals surface area contributed by atoms with Crippen LogP contribution in [0, 0.1) is 11.3 Å². The average molecular weight is 354 g/mol. The summed E-state index contributed by atoms with van der Waals surface area (Å²) in [5.41, 5.74) is 5.70. The summed E-state index contributed by atoms with van der Waals surface area (Å²) in [5.74, 6) is 0. The van der Waals surface area contributed by atoms with Gasteiger partial charge in [-0.1, -0.05) is 36.4 Å². The van der Waals surface area contributed by atoms with Crippen molar-refractivity contribution in [2.45, 2.75) is 44.4 Å². The van der Waals surface area contributed by atoms with Gasteiger partial charge >= 0.3 is 0 Å². The van der Waals surface area contributed by atoms with Crippen LogP contribution in [0.3, 0.4) is 0 Å². The molecule has 1 saturated carbocycles. The molecular formula is C23H22N4. The van der Waals surface area contributed by atoms with Crippen LogP contribution in [0.1, 0.15) is 42.0 Å². The van der Waals surface area contributed by atoms with Crippen LogP contribution >= 0.6 is 0 Å². The van der Waals surface area contributed by atoms with Gasteiger partial charge in [-0.25, -0.2) is 0 Å². The van der Waals surface area contributed by atoms with E-state index in [1.165, 1.54) is 36.8 Å².